The monoisotopic (exact) mass is 552 g/mol. The van der Waals surface area contributed by atoms with Crippen LogP contribution in [0.15, 0.2) is 52.2 Å². The summed E-state index contributed by atoms with van der Waals surface area (Å²) in [4.78, 5) is 22.5. The normalized spacial score (nSPS) is 11.6. The largest absolute Gasteiger partial charge is 0.493 e. The Balaban J connectivity index is 1.75. The van der Waals surface area contributed by atoms with Gasteiger partial charge in [-0.15, -0.1) is 5.10 Å². The van der Waals surface area contributed by atoms with Crippen molar-refractivity contribution in [3.8, 4) is 17.1 Å². The van der Waals surface area contributed by atoms with Gasteiger partial charge in [-0.1, -0.05) is 26.2 Å². The van der Waals surface area contributed by atoms with Crippen molar-refractivity contribution in [2.24, 2.45) is 0 Å². The highest BCUT2D eigenvalue weighted by molar-refractivity contribution is 7.92. The van der Waals surface area contributed by atoms with Gasteiger partial charge in [-0.25, -0.2) is 17.9 Å². The second-order valence-electron chi connectivity index (χ2n) is 9.63. The summed E-state index contributed by atoms with van der Waals surface area (Å²) in [6, 6.07) is 11.6. The van der Waals surface area contributed by atoms with Gasteiger partial charge in [0.2, 0.25) is 0 Å². The van der Waals surface area contributed by atoms with E-state index in [0.717, 1.165) is 31.4 Å². The molecular weight excluding hydrogens is 516 g/mol. The molecule has 2 aromatic heterocycles. The van der Waals surface area contributed by atoms with Crippen LogP contribution in [0.2, 0.25) is 0 Å². The summed E-state index contributed by atoms with van der Waals surface area (Å²) < 4.78 is 36.6. The summed E-state index contributed by atoms with van der Waals surface area (Å²) in [6.45, 7) is 6.13. The van der Waals surface area contributed by atoms with Gasteiger partial charge >= 0.3 is 0 Å². The molecule has 0 aliphatic carbocycles. The molecule has 0 saturated heterocycles. The Morgan fingerprint density at radius 1 is 1.05 bits per heavy atom. The number of fused-ring (bicyclic) bond motifs is 1. The van der Waals surface area contributed by atoms with E-state index < -0.39 is 10.0 Å². The minimum atomic E-state index is -3.94. The number of nitrogens with zero attached hydrogens (tertiary/aromatic N) is 4. The van der Waals surface area contributed by atoms with E-state index in [1.807, 2.05) is 38.1 Å². The zero-order valence-corrected chi connectivity index (χ0v) is 23.9. The third-order valence-corrected chi connectivity index (χ3v) is 7.83. The molecule has 0 fully saturated rings. The van der Waals surface area contributed by atoms with E-state index in [1.165, 1.54) is 12.1 Å². The molecule has 0 amide bonds. The Morgan fingerprint density at radius 3 is 2.46 bits per heavy atom. The number of anilines is 2. The molecule has 2 heterocycles. The molecule has 0 saturated carbocycles. The number of H-pyrrole nitrogens is 1. The number of nitrogens with one attached hydrogen (secondary N) is 2. The highest BCUT2D eigenvalue weighted by Crippen LogP contribution is 2.31. The fourth-order valence-corrected chi connectivity index (χ4v) is 5.50. The van der Waals surface area contributed by atoms with Crippen LogP contribution in [0.5, 0.6) is 5.75 Å². The molecule has 0 bridgehead atoms. The number of hydrogen-bond donors (Lipinski definition) is 2. The lowest BCUT2D eigenvalue weighted by Crippen LogP contribution is -2.17. The number of aromatic amines is 1. The van der Waals surface area contributed by atoms with Crippen LogP contribution in [-0.2, 0) is 16.4 Å². The topological polar surface area (TPSA) is 122 Å². The van der Waals surface area contributed by atoms with E-state index in [9.17, 15) is 13.2 Å². The van der Waals surface area contributed by atoms with E-state index in [4.69, 9.17) is 9.84 Å². The summed E-state index contributed by atoms with van der Waals surface area (Å²) in [5.41, 5.74) is 2.39. The molecule has 39 heavy (non-hydrogen) atoms. The number of imidazole rings is 1. The van der Waals surface area contributed by atoms with Crippen LogP contribution in [0.3, 0.4) is 0 Å². The molecule has 0 aliphatic rings. The molecule has 208 valence electrons. The van der Waals surface area contributed by atoms with Crippen LogP contribution in [0, 0.1) is 6.92 Å². The van der Waals surface area contributed by atoms with Crippen LogP contribution in [0.4, 0.5) is 11.4 Å². The second-order valence-corrected chi connectivity index (χ2v) is 11.3. The van der Waals surface area contributed by atoms with E-state index in [2.05, 4.69) is 21.6 Å². The first-order chi connectivity index (χ1) is 18.6. The van der Waals surface area contributed by atoms with Crippen molar-refractivity contribution in [2.45, 2.75) is 57.8 Å². The number of aryl methyl sites for hydroxylation is 2. The average molecular weight is 553 g/mol. The van der Waals surface area contributed by atoms with E-state index in [-0.39, 0.29) is 16.3 Å². The minimum absolute atomic E-state index is 0.0157. The Labute approximate surface area is 229 Å². The summed E-state index contributed by atoms with van der Waals surface area (Å²) in [6.07, 6.45) is 4.96. The number of sulfonamides is 1. The number of ether oxygens (including phenoxy) is 1. The van der Waals surface area contributed by atoms with Crippen molar-refractivity contribution < 1.29 is 13.2 Å². The van der Waals surface area contributed by atoms with Crippen LogP contribution in [0.1, 0.15) is 51.0 Å². The van der Waals surface area contributed by atoms with Gasteiger partial charge in [0, 0.05) is 31.9 Å². The number of aromatic nitrogens is 4. The Hall–Kier alpha value is -3.86. The van der Waals surface area contributed by atoms with Crippen LogP contribution < -0.4 is 19.9 Å². The van der Waals surface area contributed by atoms with Crippen molar-refractivity contribution in [3.63, 3.8) is 0 Å². The molecule has 0 aliphatic heterocycles. The van der Waals surface area contributed by atoms with Gasteiger partial charge in [0.1, 0.15) is 11.6 Å². The lowest BCUT2D eigenvalue weighted by Gasteiger charge is -2.15. The molecule has 2 aromatic carbocycles. The summed E-state index contributed by atoms with van der Waals surface area (Å²) in [5.74, 6) is 1.32. The average Bonchev–Trinajstić information content (AvgIpc) is 3.22. The maximum atomic E-state index is 13.3. The second kappa shape index (κ2) is 11.9. The van der Waals surface area contributed by atoms with E-state index >= 15 is 0 Å². The first kappa shape index (κ1) is 28.2. The Bertz CT molecular complexity index is 1610. The lowest BCUT2D eigenvalue weighted by molar-refractivity contribution is 0.341. The predicted octanol–water partition coefficient (Wildman–Crippen LogP) is 4.78. The molecule has 4 aromatic rings. The van der Waals surface area contributed by atoms with Crippen molar-refractivity contribution in [3.05, 3.63) is 64.3 Å². The minimum Gasteiger partial charge on any atom is -0.493 e. The Kier molecular flexibility index (Phi) is 8.59. The highest BCUT2D eigenvalue weighted by Gasteiger charge is 2.21. The van der Waals surface area contributed by atoms with Gasteiger partial charge in [0.25, 0.3) is 15.6 Å². The quantitative estimate of drug-likeness (QED) is 0.243. The standard InChI is InChI=1S/C28H36N6O4S/c1-6-8-9-10-11-25-29-19(3)26-28(35)30-27(31-34(25)26)23-18-22(16-17-24(23)38-7-2)39(36,37)32-20-12-14-21(15-13-20)33(4)5/h12-18,32H,6-11H2,1-5H3,(H,30,31,35). The van der Waals surface area contributed by atoms with Crippen molar-refractivity contribution in [2.75, 3.05) is 30.3 Å². The smallest absolute Gasteiger partial charge is 0.277 e. The van der Waals surface area contributed by atoms with Crippen LogP contribution >= 0.6 is 0 Å². The fourth-order valence-electron chi connectivity index (χ4n) is 4.41. The van der Waals surface area contributed by atoms with Crippen molar-refractivity contribution in [1.29, 1.82) is 0 Å². The maximum absolute atomic E-state index is 13.3. The Morgan fingerprint density at radius 2 is 1.79 bits per heavy atom. The zero-order chi connectivity index (χ0) is 28.2. The van der Waals surface area contributed by atoms with Crippen LogP contribution in [-0.4, -0.2) is 48.7 Å². The number of rotatable bonds is 12. The number of unbranched alkanes of at least 4 members (excludes halogenated alkanes) is 3. The SMILES string of the molecule is CCCCCCc1nc(C)c2c(=O)[nH]c(-c3cc(S(=O)(=O)Nc4ccc(N(C)C)cc4)ccc3OCC)nn12. The van der Waals surface area contributed by atoms with Gasteiger partial charge in [-0.3, -0.25) is 9.52 Å². The third-order valence-electron chi connectivity index (χ3n) is 6.45. The molecule has 2 N–H and O–H groups in total. The molecule has 0 atom stereocenters. The first-order valence-electron chi connectivity index (χ1n) is 13.2. The molecular formula is C28H36N6O4S. The summed E-state index contributed by atoms with van der Waals surface area (Å²) >= 11 is 0. The highest BCUT2D eigenvalue weighted by atomic mass is 32.2. The van der Waals surface area contributed by atoms with E-state index in [1.54, 1.807) is 29.6 Å². The molecule has 0 spiro atoms. The number of benzene rings is 2. The fraction of sp³-hybridized carbons (Fsp3) is 0.393. The summed E-state index contributed by atoms with van der Waals surface area (Å²) in [5, 5.41) is 4.70. The predicted molar refractivity (Wildman–Crippen MR) is 154 cm³/mol. The maximum Gasteiger partial charge on any atom is 0.277 e. The van der Waals surface area contributed by atoms with Crippen LogP contribution in [0.25, 0.3) is 16.9 Å². The zero-order valence-electron chi connectivity index (χ0n) is 23.1. The first-order valence-corrected chi connectivity index (χ1v) is 14.7. The van der Waals surface area contributed by atoms with Crippen molar-refractivity contribution >= 4 is 26.9 Å². The lowest BCUT2D eigenvalue weighted by atomic mass is 10.1. The molecule has 10 nitrogen and oxygen atoms in total. The molecule has 11 heteroatoms. The van der Waals surface area contributed by atoms with Gasteiger partial charge in [0.05, 0.1) is 22.8 Å². The van der Waals surface area contributed by atoms with E-state index in [0.29, 0.717) is 47.1 Å². The van der Waals surface area contributed by atoms with Crippen molar-refractivity contribution in [1.82, 2.24) is 19.6 Å². The molecule has 0 radical (unpaired) electrons. The van der Waals surface area contributed by atoms with Gasteiger partial charge in [-0.2, -0.15) is 0 Å². The third kappa shape index (κ3) is 6.25. The van der Waals surface area contributed by atoms with Gasteiger partial charge < -0.3 is 14.6 Å². The van der Waals surface area contributed by atoms with Gasteiger partial charge in [-0.05, 0) is 62.7 Å². The number of hydrogen-bond acceptors (Lipinski definition) is 7. The molecule has 4 rings (SSSR count). The summed E-state index contributed by atoms with van der Waals surface area (Å²) in [7, 11) is -0.114. The molecule has 0 unspecified atom stereocenters. The van der Waals surface area contributed by atoms with Gasteiger partial charge in [0.15, 0.2) is 11.3 Å².